The second-order valence-electron chi connectivity index (χ2n) is 6.16. The fourth-order valence-electron chi connectivity index (χ4n) is 3.05. The summed E-state index contributed by atoms with van der Waals surface area (Å²) in [5, 5.41) is 3.56. The van der Waals surface area contributed by atoms with Crippen molar-refractivity contribution in [2.24, 2.45) is 10.9 Å². The van der Waals surface area contributed by atoms with E-state index in [1.165, 1.54) is 17.5 Å². The number of halogens is 1. The number of aliphatic imine (C=N–C) groups is 1. The monoisotopic (exact) mass is 431 g/mol. The maximum Gasteiger partial charge on any atom is 0.194 e. The van der Waals surface area contributed by atoms with Gasteiger partial charge in [0.15, 0.2) is 17.5 Å². The molecule has 1 aromatic rings. The Bertz CT molecular complexity index is 591. The first-order valence-electron chi connectivity index (χ1n) is 7.88. The Labute approximate surface area is 155 Å². The summed E-state index contributed by atoms with van der Waals surface area (Å²) in [6.07, 6.45) is 2.24. The Morgan fingerprint density at radius 2 is 1.83 bits per heavy atom. The summed E-state index contributed by atoms with van der Waals surface area (Å²) >= 11 is 0. The van der Waals surface area contributed by atoms with E-state index in [2.05, 4.69) is 34.3 Å². The van der Waals surface area contributed by atoms with E-state index in [9.17, 15) is 0 Å². The number of rotatable bonds is 3. The third-order valence-corrected chi connectivity index (χ3v) is 4.65. The highest BCUT2D eigenvalue weighted by molar-refractivity contribution is 14.0. The Hall–Kier alpha value is -1.18. The minimum absolute atomic E-state index is 0. The zero-order chi connectivity index (χ0) is 15.7. The summed E-state index contributed by atoms with van der Waals surface area (Å²) in [7, 11) is 5.22. The van der Waals surface area contributed by atoms with Crippen LogP contribution in [0.2, 0.25) is 0 Å². The van der Waals surface area contributed by atoms with Crippen molar-refractivity contribution in [3.05, 3.63) is 23.3 Å². The van der Waals surface area contributed by atoms with Crippen molar-refractivity contribution in [1.82, 2.24) is 10.2 Å². The van der Waals surface area contributed by atoms with Gasteiger partial charge in [-0.25, -0.2) is 0 Å². The SMILES string of the molecule is CN=C(NC1CC1C)N1CCc2cc(OC)c(OC)cc2C1.I. The summed E-state index contributed by atoms with van der Waals surface area (Å²) in [5.41, 5.74) is 2.62. The van der Waals surface area contributed by atoms with E-state index in [4.69, 9.17) is 9.47 Å². The number of ether oxygens (including phenoxy) is 2. The minimum Gasteiger partial charge on any atom is -0.493 e. The smallest absolute Gasteiger partial charge is 0.194 e. The van der Waals surface area contributed by atoms with Crippen LogP contribution < -0.4 is 14.8 Å². The standard InChI is InChI=1S/C17H25N3O2.HI/c1-11-7-14(11)19-17(18-2)20-6-5-12-8-15(21-3)16(22-4)9-13(12)10-20;/h8-9,11,14H,5-7,10H2,1-4H3,(H,18,19);1H. The van der Waals surface area contributed by atoms with Gasteiger partial charge in [0.05, 0.1) is 14.2 Å². The van der Waals surface area contributed by atoms with Crippen LogP contribution in [0.1, 0.15) is 24.5 Å². The lowest BCUT2D eigenvalue weighted by Gasteiger charge is -2.32. The van der Waals surface area contributed by atoms with Crippen molar-refractivity contribution in [2.75, 3.05) is 27.8 Å². The molecule has 0 bridgehead atoms. The zero-order valence-electron chi connectivity index (χ0n) is 14.3. The number of nitrogens with one attached hydrogen (secondary N) is 1. The van der Waals surface area contributed by atoms with E-state index in [1.807, 2.05) is 7.05 Å². The molecule has 0 radical (unpaired) electrons. The molecule has 0 aromatic heterocycles. The highest BCUT2D eigenvalue weighted by atomic mass is 127. The first-order chi connectivity index (χ1) is 10.7. The molecule has 5 nitrogen and oxygen atoms in total. The third-order valence-electron chi connectivity index (χ3n) is 4.65. The molecule has 0 saturated heterocycles. The number of fused-ring (bicyclic) bond motifs is 1. The van der Waals surface area contributed by atoms with Crippen molar-refractivity contribution < 1.29 is 9.47 Å². The van der Waals surface area contributed by atoms with Gasteiger partial charge in [0, 0.05) is 26.2 Å². The number of methoxy groups -OCH3 is 2. The molecular weight excluding hydrogens is 405 g/mol. The highest BCUT2D eigenvalue weighted by Crippen LogP contribution is 2.34. The van der Waals surface area contributed by atoms with Gasteiger partial charge in [-0.2, -0.15) is 0 Å². The van der Waals surface area contributed by atoms with Crippen molar-refractivity contribution in [2.45, 2.75) is 32.4 Å². The number of nitrogens with zero attached hydrogens (tertiary/aromatic N) is 2. The first-order valence-corrected chi connectivity index (χ1v) is 7.88. The molecule has 1 saturated carbocycles. The maximum absolute atomic E-state index is 5.42. The van der Waals surface area contributed by atoms with Gasteiger partial charge in [-0.05, 0) is 42.0 Å². The second kappa shape index (κ2) is 7.59. The van der Waals surface area contributed by atoms with Crippen LogP contribution in [-0.4, -0.2) is 44.7 Å². The molecule has 23 heavy (non-hydrogen) atoms. The van der Waals surface area contributed by atoms with Crippen molar-refractivity contribution in [3.8, 4) is 11.5 Å². The lowest BCUT2D eigenvalue weighted by Crippen LogP contribution is -2.45. The number of hydrogen-bond acceptors (Lipinski definition) is 3. The van der Waals surface area contributed by atoms with Gasteiger partial charge in [0.2, 0.25) is 0 Å². The van der Waals surface area contributed by atoms with Crippen LogP contribution in [0.25, 0.3) is 0 Å². The van der Waals surface area contributed by atoms with E-state index in [-0.39, 0.29) is 24.0 Å². The van der Waals surface area contributed by atoms with E-state index < -0.39 is 0 Å². The number of hydrogen-bond donors (Lipinski definition) is 1. The number of benzene rings is 1. The van der Waals surface area contributed by atoms with Crippen LogP contribution in [0.15, 0.2) is 17.1 Å². The Balaban J connectivity index is 0.00000192. The lowest BCUT2D eigenvalue weighted by molar-refractivity contribution is 0.345. The quantitative estimate of drug-likeness (QED) is 0.454. The molecule has 6 heteroatoms. The molecule has 3 rings (SSSR count). The van der Waals surface area contributed by atoms with Gasteiger partial charge < -0.3 is 19.7 Å². The molecular formula is C17H26IN3O2. The number of guanidine groups is 1. The van der Waals surface area contributed by atoms with Crippen LogP contribution in [0.5, 0.6) is 11.5 Å². The zero-order valence-corrected chi connectivity index (χ0v) is 16.6. The van der Waals surface area contributed by atoms with Crippen LogP contribution in [0.3, 0.4) is 0 Å². The second-order valence-corrected chi connectivity index (χ2v) is 6.16. The molecule has 0 amide bonds. The average molecular weight is 431 g/mol. The molecule has 1 heterocycles. The van der Waals surface area contributed by atoms with E-state index >= 15 is 0 Å². The normalized spacial score (nSPS) is 22.8. The van der Waals surface area contributed by atoms with Crippen LogP contribution in [-0.2, 0) is 13.0 Å². The summed E-state index contributed by atoms with van der Waals surface area (Å²) in [6, 6.07) is 4.78. The molecule has 1 aliphatic heterocycles. The summed E-state index contributed by atoms with van der Waals surface area (Å²) in [5.74, 6) is 3.37. The molecule has 2 atom stereocenters. The van der Waals surface area contributed by atoms with Crippen molar-refractivity contribution >= 4 is 29.9 Å². The summed E-state index contributed by atoms with van der Waals surface area (Å²) < 4.78 is 10.8. The molecule has 1 aromatic carbocycles. The van der Waals surface area contributed by atoms with E-state index in [0.29, 0.717) is 6.04 Å². The lowest BCUT2D eigenvalue weighted by atomic mass is 9.99. The van der Waals surface area contributed by atoms with Gasteiger partial charge in [-0.3, -0.25) is 4.99 Å². The molecule has 1 aliphatic carbocycles. The molecule has 1 N–H and O–H groups in total. The fourth-order valence-corrected chi connectivity index (χ4v) is 3.05. The van der Waals surface area contributed by atoms with Crippen molar-refractivity contribution in [3.63, 3.8) is 0 Å². The van der Waals surface area contributed by atoms with E-state index in [0.717, 1.165) is 42.9 Å². The Kier molecular flexibility index (Phi) is 6.00. The average Bonchev–Trinajstić information content (AvgIpc) is 3.25. The molecule has 128 valence electrons. The largest absolute Gasteiger partial charge is 0.493 e. The van der Waals surface area contributed by atoms with Crippen LogP contribution >= 0.6 is 24.0 Å². The van der Waals surface area contributed by atoms with Gasteiger partial charge >= 0.3 is 0 Å². The van der Waals surface area contributed by atoms with Gasteiger partial charge in [-0.15, -0.1) is 24.0 Å². The van der Waals surface area contributed by atoms with Gasteiger partial charge in [0.1, 0.15) is 0 Å². The molecule has 2 unspecified atom stereocenters. The van der Waals surface area contributed by atoms with Crippen LogP contribution in [0.4, 0.5) is 0 Å². The van der Waals surface area contributed by atoms with Crippen molar-refractivity contribution in [1.29, 1.82) is 0 Å². The topological polar surface area (TPSA) is 46.1 Å². The molecule has 2 aliphatic rings. The molecule has 0 spiro atoms. The first kappa shape index (κ1) is 18.2. The maximum atomic E-state index is 5.42. The predicted octanol–water partition coefficient (Wildman–Crippen LogP) is 2.66. The Morgan fingerprint density at radius 3 is 2.35 bits per heavy atom. The highest BCUT2D eigenvalue weighted by Gasteiger charge is 2.34. The Morgan fingerprint density at radius 1 is 1.22 bits per heavy atom. The minimum atomic E-state index is 0. The van der Waals surface area contributed by atoms with E-state index in [1.54, 1.807) is 14.2 Å². The van der Waals surface area contributed by atoms with Crippen LogP contribution in [0, 0.1) is 5.92 Å². The third kappa shape index (κ3) is 3.84. The summed E-state index contributed by atoms with van der Waals surface area (Å²) in [6.45, 7) is 4.10. The fraction of sp³-hybridized carbons (Fsp3) is 0.588. The predicted molar refractivity (Wildman–Crippen MR) is 103 cm³/mol. The van der Waals surface area contributed by atoms with Gasteiger partial charge in [0.25, 0.3) is 0 Å². The summed E-state index contributed by atoms with van der Waals surface area (Å²) in [4.78, 5) is 6.77. The molecule has 1 fully saturated rings. The van der Waals surface area contributed by atoms with Gasteiger partial charge in [-0.1, -0.05) is 6.92 Å².